The summed E-state index contributed by atoms with van der Waals surface area (Å²) in [4.78, 5) is 10.4. The molecule has 0 radical (unpaired) electrons. The molecule has 10 heavy (non-hydrogen) atoms. The lowest BCUT2D eigenvalue weighted by Crippen LogP contribution is -2.41. The Morgan fingerprint density at radius 2 is 2.20 bits per heavy atom. The SMILES string of the molecule is CC(C)(CCO)NC(=O)S. The highest BCUT2D eigenvalue weighted by molar-refractivity contribution is 7.96. The van der Waals surface area contributed by atoms with Crippen LogP contribution in [0.25, 0.3) is 0 Å². The lowest BCUT2D eigenvalue weighted by Gasteiger charge is -2.23. The van der Waals surface area contributed by atoms with Crippen LogP contribution < -0.4 is 5.32 Å². The first-order chi connectivity index (χ1) is 4.48. The number of carbonyl (C=O) groups is 1. The van der Waals surface area contributed by atoms with Crippen molar-refractivity contribution in [3.05, 3.63) is 0 Å². The fraction of sp³-hybridized carbons (Fsp3) is 0.833. The van der Waals surface area contributed by atoms with Gasteiger partial charge in [0.1, 0.15) is 0 Å². The molecular formula is C6H13NO2S. The van der Waals surface area contributed by atoms with Crippen molar-refractivity contribution in [2.24, 2.45) is 0 Å². The monoisotopic (exact) mass is 163 g/mol. The molecule has 0 atom stereocenters. The largest absolute Gasteiger partial charge is 0.396 e. The molecule has 2 N–H and O–H groups in total. The molecule has 0 unspecified atom stereocenters. The summed E-state index contributed by atoms with van der Waals surface area (Å²) in [7, 11) is 0. The predicted octanol–water partition coefficient (Wildman–Crippen LogP) is 0.787. The first-order valence-corrected chi connectivity index (χ1v) is 3.54. The maximum absolute atomic E-state index is 10.4. The number of rotatable bonds is 3. The van der Waals surface area contributed by atoms with Crippen LogP contribution in [-0.2, 0) is 0 Å². The molecule has 1 amide bonds. The molecular weight excluding hydrogens is 150 g/mol. The van der Waals surface area contributed by atoms with E-state index < -0.39 is 0 Å². The molecule has 0 spiro atoms. The van der Waals surface area contributed by atoms with Gasteiger partial charge in [0.05, 0.1) is 0 Å². The van der Waals surface area contributed by atoms with Gasteiger partial charge >= 0.3 is 0 Å². The van der Waals surface area contributed by atoms with Crippen LogP contribution in [0.4, 0.5) is 4.79 Å². The summed E-state index contributed by atoms with van der Waals surface area (Å²) in [6.45, 7) is 3.73. The number of aliphatic hydroxyl groups is 1. The Labute approximate surface area is 66.2 Å². The Balaban J connectivity index is 3.74. The summed E-state index contributed by atoms with van der Waals surface area (Å²) < 4.78 is 0. The Hall–Kier alpha value is -0.220. The van der Waals surface area contributed by atoms with Crippen molar-refractivity contribution >= 4 is 17.9 Å². The summed E-state index contributed by atoms with van der Waals surface area (Å²) in [6, 6.07) is 0. The molecule has 0 saturated heterocycles. The zero-order valence-corrected chi connectivity index (χ0v) is 7.11. The van der Waals surface area contributed by atoms with Crippen molar-refractivity contribution in [3.63, 3.8) is 0 Å². The molecule has 0 aromatic rings. The summed E-state index contributed by atoms with van der Waals surface area (Å²) >= 11 is 3.55. The topological polar surface area (TPSA) is 49.3 Å². The number of thiol groups is 1. The lowest BCUT2D eigenvalue weighted by atomic mass is 10.0. The predicted molar refractivity (Wildman–Crippen MR) is 43.3 cm³/mol. The normalized spacial score (nSPS) is 11.2. The number of hydrogen-bond donors (Lipinski definition) is 3. The molecule has 0 aliphatic heterocycles. The average molecular weight is 163 g/mol. The van der Waals surface area contributed by atoms with Gasteiger partial charge < -0.3 is 10.4 Å². The first kappa shape index (κ1) is 9.78. The fourth-order valence-corrected chi connectivity index (χ4v) is 0.934. The second-order valence-electron chi connectivity index (χ2n) is 2.79. The van der Waals surface area contributed by atoms with E-state index in [1.54, 1.807) is 0 Å². The summed E-state index contributed by atoms with van der Waals surface area (Å²) in [5, 5.41) is 10.8. The van der Waals surface area contributed by atoms with Crippen molar-refractivity contribution in [1.82, 2.24) is 5.32 Å². The Morgan fingerprint density at radius 1 is 1.70 bits per heavy atom. The Kier molecular flexibility index (Phi) is 3.75. The number of nitrogens with one attached hydrogen (secondary N) is 1. The first-order valence-electron chi connectivity index (χ1n) is 3.10. The molecule has 0 saturated carbocycles. The fourth-order valence-electron chi connectivity index (χ4n) is 0.631. The molecule has 0 aromatic heterocycles. The van der Waals surface area contributed by atoms with E-state index in [9.17, 15) is 4.79 Å². The second kappa shape index (κ2) is 3.83. The third-order valence-electron chi connectivity index (χ3n) is 1.18. The molecule has 0 aliphatic carbocycles. The van der Waals surface area contributed by atoms with Gasteiger partial charge in [-0.2, -0.15) is 0 Å². The van der Waals surface area contributed by atoms with Crippen LogP contribution >= 0.6 is 12.6 Å². The van der Waals surface area contributed by atoms with Gasteiger partial charge in [-0.3, -0.25) is 4.79 Å². The van der Waals surface area contributed by atoms with Crippen LogP contribution in [0.1, 0.15) is 20.3 Å². The number of amides is 1. The standard InChI is InChI=1S/C6H13NO2S/c1-6(2,3-4-8)7-5(9)10/h8H,3-4H2,1-2H3,(H2,7,9,10). The summed E-state index contributed by atoms with van der Waals surface area (Å²) in [5.41, 5.74) is -0.354. The summed E-state index contributed by atoms with van der Waals surface area (Å²) in [5.74, 6) is 0. The van der Waals surface area contributed by atoms with E-state index in [1.165, 1.54) is 0 Å². The van der Waals surface area contributed by atoms with E-state index in [1.807, 2.05) is 13.8 Å². The van der Waals surface area contributed by atoms with E-state index in [2.05, 4.69) is 17.9 Å². The van der Waals surface area contributed by atoms with Gasteiger partial charge in [-0.15, -0.1) is 0 Å². The molecule has 3 nitrogen and oxygen atoms in total. The van der Waals surface area contributed by atoms with Crippen molar-refractivity contribution in [1.29, 1.82) is 0 Å². The molecule has 4 heteroatoms. The van der Waals surface area contributed by atoms with Crippen molar-refractivity contribution < 1.29 is 9.90 Å². The Morgan fingerprint density at radius 3 is 2.50 bits per heavy atom. The summed E-state index contributed by atoms with van der Waals surface area (Å²) in [6.07, 6.45) is 0.541. The van der Waals surface area contributed by atoms with E-state index >= 15 is 0 Å². The third kappa shape index (κ3) is 4.64. The highest BCUT2D eigenvalue weighted by atomic mass is 32.1. The second-order valence-corrected chi connectivity index (χ2v) is 3.19. The number of carbonyl (C=O) groups excluding carboxylic acids is 1. The zero-order chi connectivity index (χ0) is 8.20. The highest BCUT2D eigenvalue weighted by Gasteiger charge is 2.17. The maximum atomic E-state index is 10.4. The minimum atomic E-state index is -0.363. The zero-order valence-electron chi connectivity index (χ0n) is 6.22. The van der Waals surface area contributed by atoms with Crippen molar-refractivity contribution in [2.75, 3.05) is 6.61 Å². The molecule has 0 heterocycles. The number of hydrogen-bond acceptors (Lipinski definition) is 2. The average Bonchev–Trinajstić information content (AvgIpc) is 1.59. The van der Waals surface area contributed by atoms with Crippen molar-refractivity contribution in [2.45, 2.75) is 25.8 Å². The molecule has 0 bridgehead atoms. The third-order valence-corrected chi connectivity index (χ3v) is 1.29. The van der Waals surface area contributed by atoms with Crippen LogP contribution in [0, 0.1) is 0 Å². The van der Waals surface area contributed by atoms with Crippen LogP contribution in [0.3, 0.4) is 0 Å². The molecule has 0 rings (SSSR count). The lowest BCUT2D eigenvalue weighted by molar-refractivity contribution is 0.224. The van der Waals surface area contributed by atoms with Crippen LogP contribution in [0.15, 0.2) is 0 Å². The van der Waals surface area contributed by atoms with Gasteiger partial charge in [-0.25, -0.2) is 0 Å². The van der Waals surface area contributed by atoms with Crippen LogP contribution in [0.5, 0.6) is 0 Å². The quantitative estimate of drug-likeness (QED) is 0.539. The van der Waals surface area contributed by atoms with Gasteiger partial charge in [-0.05, 0) is 20.3 Å². The highest BCUT2D eigenvalue weighted by Crippen LogP contribution is 2.07. The maximum Gasteiger partial charge on any atom is 0.276 e. The van der Waals surface area contributed by atoms with E-state index in [4.69, 9.17) is 5.11 Å². The molecule has 0 aromatic carbocycles. The van der Waals surface area contributed by atoms with Gasteiger partial charge in [-0.1, -0.05) is 12.6 Å². The minimum Gasteiger partial charge on any atom is -0.396 e. The van der Waals surface area contributed by atoms with E-state index in [0.717, 1.165) is 0 Å². The molecule has 60 valence electrons. The minimum absolute atomic E-state index is 0.0705. The van der Waals surface area contributed by atoms with E-state index in [-0.39, 0.29) is 17.4 Å². The van der Waals surface area contributed by atoms with Crippen molar-refractivity contribution in [3.8, 4) is 0 Å². The van der Waals surface area contributed by atoms with Crippen LogP contribution in [0.2, 0.25) is 0 Å². The Bertz CT molecular complexity index is 125. The smallest absolute Gasteiger partial charge is 0.276 e. The van der Waals surface area contributed by atoms with Gasteiger partial charge in [0.25, 0.3) is 5.24 Å². The van der Waals surface area contributed by atoms with Crippen LogP contribution in [-0.4, -0.2) is 22.5 Å². The molecule has 0 aliphatic rings. The van der Waals surface area contributed by atoms with Gasteiger partial charge in [0, 0.05) is 12.1 Å². The number of aliphatic hydroxyl groups excluding tert-OH is 1. The van der Waals surface area contributed by atoms with Gasteiger partial charge in [0.15, 0.2) is 0 Å². The van der Waals surface area contributed by atoms with E-state index in [0.29, 0.717) is 6.42 Å². The molecule has 0 fully saturated rings. The van der Waals surface area contributed by atoms with Gasteiger partial charge in [0.2, 0.25) is 0 Å².